The maximum absolute atomic E-state index is 12.5. The molecule has 0 aromatic heterocycles. The Morgan fingerprint density at radius 3 is 2.53 bits per heavy atom. The molecule has 8 nitrogen and oxygen atoms in total. The lowest BCUT2D eigenvalue weighted by Gasteiger charge is -2.24. The first kappa shape index (κ1) is 26.0. The van der Waals surface area contributed by atoms with Gasteiger partial charge in [0.05, 0.1) is 19.8 Å². The Bertz CT molecular complexity index is 849. The number of nitrogens with one attached hydrogen (secondary N) is 2. The van der Waals surface area contributed by atoms with E-state index >= 15 is 0 Å². The highest BCUT2D eigenvalue weighted by Crippen LogP contribution is 2.19. The van der Waals surface area contributed by atoms with Crippen LogP contribution in [0.15, 0.2) is 54.6 Å². The molecule has 0 spiro atoms. The fraction of sp³-hybridized carbons (Fsp3) is 0.500. The second-order valence-electron chi connectivity index (χ2n) is 8.50. The molecule has 1 amide bonds. The number of amides is 1. The predicted molar refractivity (Wildman–Crippen MR) is 131 cm³/mol. The van der Waals surface area contributed by atoms with Gasteiger partial charge in [-0.15, -0.1) is 0 Å². The molecule has 186 valence electrons. The zero-order chi connectivity index (χ0) is 24.2. The predicted octanol–water partition coefficient (Wildman–Crippen LogP) is 1.86. The molecule has 2 aromatic rings. The van der Waals surface area contributed by atoms with Crippen LogP contribution in [0.1, 0.15) is 11.1 Å². The van der Waals surface area contributed by atoms with E-state index in [1.54, 1.807) is 14.2 Å². The van der Waals surface area contributed by atoms with Crippen LogP contribution in [0.3, 0.4) is 0 Å². The number of hydrogen-bond donors (Lipinski definition) is 3. The largest absolute Gasteiger partial charge is 0.497 e. The molecule has 0 aliphatic carbocycles. The lowest BCUT2D eigenvalue weighted by Crippen LogP contribution is -2.43. The van der Waals surface area contributed by atoms with E-state index in [0.717, 1.165) is 30.8 Å². The van der Waals surface area contributed by atoms with E-state index in [-0.39, 0.29) is 6.04 Å². The van der Waals surface area contributed by atoms with Gasteiger partial charge in [-0.3, -0.25) is 4.90 Å². The first-order chi connectivity index (χ1) is 16.6. The number of benzene rings is 2. The zero-order valence-electron chi connectivity index (χ0n) is 20.1. The number of hydrogen-bond acceptors (Lipinski definition) is 7. The molecule has 1 aliphatic rings. The quantitative estimate of drug-likeness (QED) is 0.411. The van der Waals surface area contributed by atoms with Crippen LogP contribution in [0.2, 0.25) is 0 Å². The summed E-state index contributed by atoms with van der Waals surface area (Å²) in [6.07, 6.45) is -0.282. The monoisotopic (exact) mass is 471 g/mol. The summed E-state index contributed by atoms with van der Waals surface area (Å²) < 4.78 is 16.0. The van der Waals surface area contributed by atoms with Crippen molar-refractivity contribution in [1.82, 2.24) is 15.5 Å². The van der Waals surface area contributed by atoms with Gasteiger partial charge in [-0.1, -0.05) is 42.5 Å². The third-order valence-electron chi connectivity index (χ3n) is 6.09. The molecule has 0 saturated carbocycles. The van der Waals surface area contributed by atoms with E-state index in [0.29, 0.717) is 32.7 Å². The topological polar surface area (TPSA) is 92.3 Å². The molecule has 1 saturated heterocycles. The molecule has 0 radical (unpaired) electrons. The van der Waals surface area contributed by atoms with Gasteiger partial charge in [-0.05, 0) is 36.1 Å². The van der Waals surface area contributed by atoms with Gasteiger partial charge in [0.2, 0.25) is 0 Å². The SMILES string of the molecule is COCCN(CCNC(=O)O[C@@H]1[C@@H](O)CN[C@@H]1Cc1ccc(OC)cc1)CCc1ccccc1. The molecule has 1 aliphatic heterocycles. The molecule has 1 fully saturated rings. The number of aliphatic hydroxyl groups excluding tert-OH is 1. The third kappa shape index (κ3) is 8.29. The van der Waals surface area contributed by atoms with Crippen molar-refractivity contribution in [3.8, 4) is 5.75 Å². The van der Waals surface area contributed by atoms with Gasteiger partial charge in [-0.2, -0.15) is 0 Å². The molecule has 1 heterocycles. The Labute approximate surface area is 202 Å². The number of methoxy groups -OCH3 is 2. The lowest BCUT2D eigenvalue weighted by atomic mass is 10.0. The minimum absolute atomic E-state index is 0.154. The van der Waals surface area contributed by atoms with Crippen molar-refractivity contribution in [3.05, 3.63) is 65.7 Å². The molecule has 2 aromatic carbocycles. The van der Waals surface area contributed by atoms with Crippen molar-refractivity contribution in [2.75, 3.05) is 53.6 Å². The Balaban J connectivity index is 1.44. The molecule has 0 unspecified atom stereocenters. The van der Waals surface area contributed by atoms with Crippen LogP contribution < -0.4 is 15.4 Å². The molecule has 3 atom stereocenters. The normalized spacial score (nSPS) is 19.8. The average Bonchev–Trinajstić information content (AvgIpc) is 3.20. The fourth-order valence-electron chi connectivity index (χ4n) is 4.11. The molecule has 8 heteroatoms. The summed E-state index contributed by atoms with van der Waals surface area (Å²) in [6, 6.07) is 17.9. The minimum Gasteiger partial charge on any atom is -0.497 e. The maximum atomic E-state index is 12.5. The summed E-state index contributed by atoms with van der Waals surface area (Å²) >= 11 is 0. The standard InChI is InChI=1S/C26H37N3O5/c1-32-17-16-29(14-12-20-6-4-3-5-7-20)15-13-27-26(31)34-25-23(28-19-24(25)30)18-21-8-10-22(33-2)11-9-21/h3-11,23-25,28,30H,12-19H2,1-2H3,(H,27,31)/t23-,24+,25+/m1/s1. The minimum atomic E-state index is -0.738. The van der Waals surface area contributed by atoms with Crippen molar-refractivity contribution in [3.63, 3.8) is 0 Å². The summed E-state index contributed by atoms with van der Waals surface area (Å²) in [5.41, 5.74) is 2.36. The van der Waals surface area contributed by atoms with Crippen LogP contribution in [0, 0.1) is 0 Å². The van der Waals surface area contributed by atoms with Gasteiger partial charge in [0.1, 0.15) is 18.0 Å². The van der Waals surface area contributed by atoms with Gasteiger partial charge in [-0.25, -0.2) is 4.79 Å². The van der Waals surface area contributed by atoms with Crippen LogP contribution in [-0.2, 0) is 22.3 Å². The Morgan fingerprint density at radius 1 is 1.06 bits per heavy atom. The van der Waals surface area contributed by atoms with E-state index in [4.69, 9.17) is 14.2 Å². The van der Waals surface area contributed by atoms with E-state index in [2.05, 4.69) is 27.7 Å². The number of carbonyl (C=O) groups excluding carboxylic acids is 1. The summed E-state index contributed by atoms with van der Waals surface area (Å²) in [4.78, 5) is 14.7. The number of carbonyl (C=O) groups is 1. The summed E-state index contributed by atoms with van der Waals surface area (Å²) in [5, 5.41) is 16.4. The van der Waals surface area contributed by atoms with Crippen LogP contribution in [0.25, 0.3) is 0 Å². The summed E-state index contributed by atoms with van der Waals surface area (Å²) in [7, 11) is 3.32. The molecule has 3 rings (SSSR count). The Kier molecular flexibility index (Phi) is 10.6. The van der Waals surface area contributed by atoms with E-state index < -0.39 is 18.3 Å². The number of rotatable bonds is 13. The zero-order valence-corrected chi connectivity index (χ0v) is 20.1. The second-order valence-corrected chi connectivity index (χ2v) is 8.50. The molecule has 3 N–H and O–H groups in total. The molecule has 0 bridgehead atoms. The fourth-order valence-corrected chi connectivity index (χ4v) is 4.11. The Hall–Kier alpha value is -2.65. The second kappa shape index (κ2) is 13.9. The van der Waals surface area contributed by atoms with Crippen molar-refractivity contribution in [2.45, 2.75) is 31.1 Å². The van der Waals surface area contributed by atoms with Crippen molar-refractivity contribution in [2.24, 2.45) is 0 Å². The maximum Gasteiger partial charge on any atom is 0.407 e. The number of aliphatic hydroxyl groups is 1. The lowest BCUT2D eigenvalue weighted by molar-refractivity contribution is 0.0187. The van der Waals surface area contributed by atoms with E-state index in [1.807, 2.05) is 42.5 Å². The highest BCUT2D eigenvalue weighted by Gasteiger charge is 2.37. The molecular weight excluding hydrogens is 434 g/mol. The average molecular weight is 472 g/mol. The highest BCUT2D eigenvalue weighted by atomic mass is 16.6. The first-order valence-corrected chi connectivity index (χ1v) is 11.8. The summed E-state index contributed by atoms with van der Waals surface area (Å²) in [6.45, 7) is 3.83. The van der Waals surface area contributed by atoms with Crippen LogP contribution in [-0.4, -0.2) is 87.9 Å². The van der Waals surface area contributed by atoms with Gasteiger partial charge in [0.15, 0.2) is 0 Å². The third-order valence-corrected chi connectivity index (χ3v) is 6.09. The van der Waals surface area contributed by atoms with Crippen molar-refractivity contribution in [1.29, 1.82) is 0 Å². The van der Waals surface area contributed by atoms with Crippen LogP contribution in [0.5, 0.6) is 5.75 Å². The van der Waals surface area contributed by atoms with E-state index in [9.17, 15) is 9.90 Å². The number of β-amino-alcohol motifs (C(OH)–C–C–N with tert-alkyl or cyclic N) is 1. The van der Waals surface area contributed by atoms with Crippen LogP contribution in [0.4, 0.5) is 4.79 Å². The molecule has 34 heavy (non-hydrogen) atoms. The molecular formula is C26H37N3O5. The van der Waals surface area contributed by atoms with Crippen molar-refractivity contribution < 1.29 is 24.1 Å². The summed E-state index contributed by atoms with van der Waals surface area (Å²) in [5.74, 6) is 0.790. The smallest absolute Gasteiger partial charge is 0.407 e. The Morgan fingerprint density at radius 2 is 1.82 bits per heavy atom. The van der Waals surface area contributed by atoms with Gasteiger partial charge >= 0.3 is 6.09 Å². The van der Waals surface area contributed by atoms with Gasteiger partial charge < -0.3 is 30.0 Å². The number of alkyl carbamates (subject to hydrolysis) is 1. The van der Waals surface area contributed by atoms with Gasteiger partial charge in [0, 0.05) is 39.8 Å². The first-order valence-electron chi connectivity index (χ1n) is 11.8. The van der Waals surface area contributed by atoms with Crippen LogP contribution >= 0.6 is 0 Å². The van der Waals surface area contributed by atoms with E-state index in [1.165, 1.54) is 5.56 Å². The van der Waals surface area contributed by atoms with Crippen molar-refractivity contribution >= 4 is 6.09 Å². The highest BCUT2D eigenvalue weighted by molar-refractivity contribution is 5.67. The number of ether oxygens (including phenoxy) is 3. The number of nitrogens with zero attached hydrogens (tertiary/aromatic N) is 1. The van der Waals surface area contributed by atoms with Gasteiger partial charge in [0.25, 0.3) is 0 Å².